The molecule has 2 unspecified atom stereocenters. The highest BCUT2D eigenvalue weighted by atomic mass is 35.5. The van der Waals surface area contributed by atoms with Gasteiger partial charge in [-0.25, -0.2) is 9.18 Å². The first kappa shape index (κ1) is 15.4. The Bertz CT molecular complexity index is 493. The van der Waals surface area contributed by atoms with Crippen LogP contribution in [0.1, 0.15) is 30.6 Å². The first-order valence-corrected chi connectivity index (χ1v) is 6.24. The van der Waals surface area contributed by atoms with Crippen molar-refractivity contribution in [2.75, 3.05) is 0 Å². The van der Waals surface area contributed by atoms with Crippen molar-refractivity contribution >= 4 is 23.5 Å². The molecule has 0 aliphatic rings. The van der Waals surface area contributed by atoms with Crippen LogP contribution in [0, 0.1) is 11.7 Å². The van der Waals surface area contributed by atoms with Crippen LogP contribution in [0.5, 0.6) is 0 Å². The van der Waals surface area contributed by atoms with Gasteiger partial charge in [0.05, 0.1) is 10.6 Å². The average molecular weight is 288 g/mol. The standard InChI is InChI=1S/C13H15ClFNO3/c1-3-7(2)11(13(18)19)16-12(17)8-5-4-6-9(15)10(8)14/h4-7,11H,3H2,1-2H3,(H,16,17)(H,18,19). The van der Waals surface area contributed by atoms with Gasteiger partial charge in [0.25, 0.3) is 5.91 Å². The van der Waals surface area contributed by atoms with E-state index in [-0.39, 0.29) is 16.5 Å². The summed E-state index contributed by atoms with van der Waals surface area (Å²) in [6, 6.07) is 2.78. The van der Waals surface area contributed by atoms with Crippen LogP contribution in [0.25, 0.3) is 0 Å². The van der Waals surface area contributed by atoms with E-state index in [0.717, 1.165) is 6.07 Å². The molecule has 1 aromatic rings. The van der Waals surface area contributed by atoms with E-state index in [2.05, 4.69) is 5.32 Å². The smallest absolute Gasteiger partial charge is 0.326 e. The average Bonchev–Trinajstić information content (AvgIpc) is 2.37. The Kier molecular flexibility index (Phi) is 5.30. The molecule has 6 heteroatoms. The Balaban J connectivity index is 2.94. The molecule has 0 aliphatic heterocycles. The molecule has 0 radical (unpaired) electrons. The van der Waals surface area contributed by atoms with Gasteiger partial charge >= 0.3 is 5.97 Å². The van der Waals surface area contributed by atoms with Gasteiger partial charge in [0.1, 0.15) is 11.9 Å². The van der Waals surface area contributed by atoms with E-state index in [1.807, 2.05) is 6.92 Å². The van der Waals surface area contributed by atoms with E-state index >= 15 is 0 Å². The molecule has 0 fully saturated rings. The van der Waals surface area contributed by atoms with Crippen LogP contribution in [0.2, 0.25) is 5.02 Å². The quantitative estimate of drug-likeness (QED) is 0.875. The first-order chi connectivity index (χ1) is 8.88. The Morgan fingerprint density at radius 2 is 2.11 bits per heavy atom. The highest BCUT2D eigenvalue weighted by Gasteiger charge is 2.26. The van der Waals surface area contributed by atoms with E-state index in [1.54, 1.807) is 6.92 Å². The Morgan fingerprint density at radius 3 is 2.63 bits per heavy atom. The van der Waals surface area contributed by atoms with Crippen molar-refractivity contribution in [2.45, 2.75) is 26.3 Å². The van der Waals surface area contributed by atoms with Crippen LogP contribution in [0.15, 0.2) is 18.2 Å². The fourth-order valence-corrected chi connectivity index (χ4v) is 1.79. The monoisotopic (exact) mass is 287 g/mol. The minimum atomic E-state index is -1.13. The molecular formula is C13H15ClFNO3. The molecule has 0 aromatic heterocycles. The molecule has 1 aromatic carbocycles. The van der Waals surface area contributed by atoms with Crippen LogP contribution in [-0.4, -0.2) is 23.0 Å². The van der Waals surface area contributed by atoms with Crippen LogP contribution < -0.4 is 5.32 Å². The van der Waals surface area contributed by atoms with Crippen LogP contribution in [-0.2, 0) is 4.79 Å². The maximum absolute atomic E-state index is 13.2. The molecule has 19 heavy (non-hydrogen) atoms. The molecule has 1 rings (SSSR count). The van der Waals surface area contributed by atoms with Crippen molar-refractivity contribution in [1.29, 1.82) is 0 Å². The topological polar surface area (TPSA) is 66.4 Å². The molecule has 0 aliphatic carbocycles. The zero-order valence-electron chi connectivity index (χ0n) is 10.6. The van der Waals surface area contributed by atoms with Crippen molar-refractivity contribution in [3.63, 3.8) is 0 Å². The number of carbonyl (C=O) groups is 2. The second-order valence-corrected chi connectivity index (χ2v) is 4.65. The molecule has 2 atom stereocenters. The van der Waals surface area contributed by atoms with E-state index in [9.17, 15) is 14.0 Å². The van der Waals surface area contributed by atoms with Gasteiger partial charge in [0.15, 0.2) is 0 Å². The second kappa shape index (κ2) is 6.52. The number of amides is 1. The number of nitrogens with one attached hydrogen (secondary N) is 1. The normalized spacial score (nSPS) is 13.7. The molecular weight excluding hydrogens is 273 g/mol. The molecule has 0 saturated heterocycles. The summed E-state index contributed by atoms with van der Waals surface area (Å²) in [6.07, 6.45) is 0.591. The zero-order chi connectivity index (χ0) is 14.6. The minimum Gasteiger partial charge on any atom is -0.480 e. The molecule has 2 N–H and O–H groups in total. The number of carbonyl (C=O) groups excluding carboxylic acids is 1. The van der Waals surface area contributed by atoms with Crippen molar-refractivity contribution in [3.8, 4) is 0 Å². The highest BCUT2D eigenvalue weighted by Crippen LogP contribution is 2.20. The van der Waals surface area contributed by atoms with Crippen molar-refractivity contribution < 1.29 is 19.1 Å². The predicted octanol–water partition coefficient (Wildman–Crippen LogP) is 2.71. The lowest BCUT2D eigenvalue weighted by Gasteiger charge is -2.20. The Morgan fingerprint density at radius 1 is 1.47 bits per heavy atom. The number of hydrogen-bond donors (Lipinski definition) is 2. The van der Waals surface area contributed by atoms with Gasteiger partial charge in [0.2, 0.25) is 0 Å². The molecule has 0 heterocycles. The zero-order valence-corrected chi connectivity index (χ0v) is 11.4. The summed E-state index contributed by atoms with van der Waals surface area (Å²) in [5, 5.41) is 11.1. The van der Waals surface area contributed by atoms with Crippen molar-refractivity contribution in [1.82, 2.24) is 5.32 Å². The lowest BCUT2D eigenvalue weighted by atomic mass is 9.99. The van der Waals surface area contributed by atoms with E-state index in [4.69, 9.17) is 16.7 Å². The third kappa shape index (κ3) is 3.67. The van der Waals surface area contributed by atoms with Gasteiger partial charge in [-0.3, -0.25) is 4.79 Å². The molecule has 1 amide bonds. The van der Waals surface area contributed by atoms with E-state index in [1.165, 1.54) is 12.1 Å². The number of carboxylic acids is 1. The summed E-state index contributed by atoms with van der Waals surface area (Å²) >= 11 is 5.68. The molecule has 0 bridgehead atoms. The largest absolute Gasteiger partial charge is 0.480 e. The number of halogens is 2. The maximum Gasteiger partial charge on any atom is 0.326 e. The van der Waals surface area contributed by atoms with Gasteiger partial charge < -0.3 is 10.4 Å². The van der Waals surface area contributed by atoms with Crippen LogP contribution >= 0.6 is 11.6 Å². The SMILES string of the molecule is CCC(C)C(NC(=O)c1cccc(F)c1Cl)C(=O)O. The summed E-state index contributed by atoms with van der Waals surface area (Å²) in [6.45, 7) is 3.54. The van der Waals surface area contributed by atoms with Crippen molar-refractivity contribution in [2.24, 2.45) is 5.92 Å². The summed E-state index contributed by atoms with van der Waals surface area (Å²) in [5.74, 6) is -2.79. The summed E-state index contributed by atoms with van der Waals surface area (Å²) in [4.78, 5) is 23.0. The summed E-state index contributed by atoms with van der Waals surface area (Å²) in [7, 11) is 0. The number of aliphatic carboxylic acids is 1. The molecule has 0 spiro atoms. The third-order valence-corrected chi connectivity index (χ3v) is 3.35. The van der Waals surface area contributed by atoms with Crippen LogP contribution in [0.3, 0.4) is 0 Å². The molecule has 4 nitrogen and oxygen atoms in total. The Hall–Kier alpha value is -1.62. The highest BCUT2D eigenvalue weighted by molar-refractivity contribution is 6.34. The fraction of sp³-hybridized carbons (Fsp3) is 0.385. The molecule has 0 saturated carbocycles. The minimum absolute atomic E-state index is 0.0729. The second-order valence-electron chi connectivity index (χ2n) is 4.28. The number of hydrogen-bond acceptors (Lipinski definition) is 2. The van der Waals surface area contributed by atoms with Gasteiger partial charge in [0, 0.05) is 0 Å². The van der Waals surface area contributed by atoms with E-state index < -0.39 is 23.7 Å². The Labute approximate surface area is 115 Å². The third-order valence-electron chi connectivity index (χ3n) is 2.96. The van der Waals surface area contributed by atoms with Crippen molar-refractivity contribution in [3.05, 3.63) is 34.6 Å². The first-order valence-electron chi connectivity index (χ1n) is 5.86. The lowest BCUT2D eigenvalue weighted by Crippen LogP contribution is -2.45. The number of benzene rings is 1. The predicted molar refractivity (Wildman–Crippen MR) is 69.8 cm³/mol. The summed E-state index contributed by atoms with van der Waals surface area (Å²) < 4.78 is 13.2. The molecule has 104 valence electrons. The maximum atomic E-state index is 13.2. The van der Waals surface area contributed by atoms with Crippen LogP contribution in [0.4, 0.5) is 4.39 Å². The van der Waals surface area contributed by atoms with E-state index in [0.29, 0.717) is 6.42 Å². The van der Waals surface area contributed by atoms with Gasteiger partial charge in [-0.2, -0.15) is 0 Å². The number of rotatable bonds is 5. The van der Waals surface area contributed by atoms with Gasteiger partial charge in [-0.05, 0) is 18.1 Å². The van der Waals surface area contributed by atoms with Gasteiger partial charge in [-0.15, -0.1) is 0 Å². The summed E-state index contributed by atoms with van der Waals surface area (Å²) in [5.41, 5.74) is -0.0729. The van der Waals surface area contributed by atoms with Gasteiger partial charge in [-0.1, -0.05) is 37.9 Å². The lowest BCUT2D eigenvalue weighted by molar-refractivity contribution is -0.140. The fourth-order valence-electron chi connectivity index (χ4n) is 1.58. The number of carboxylic acid groups (broad SMARTS) is 1.